The van der Waals surface area contributed by atoms with Crippen LogP contribution in [0.2, 0.25) is 0 Å². The van der Waals surface area contributed by atoms with Gasteiger partial charge < -0.3 is 15.0 Å². The van der Waals surface area contributed by atoms with Crippen molar-refractivity contribution in [2.75, 3.05) is 19.7 Å². The zero-order valence-corrected chi connectivity index (χ0v) is 17.2. The normalized spacial score (nSPS) is 30.1. The number of carbonyl (C=O) groups is 2. The summed E-state index contributed by atoms with van der Waals surface area (Å²) in [5, 5.41) is 2.85. The topological polar surface area (TPSA) is 120 Å². The minimum absolute atomic E-state index is 0.0896. The summed E-state index contributed by atoms with van der Waals surface area (Å²) >= 11 is 0. The largest absolute Gasteiger partial charge is 0.493 e. The fourth-order valence-electron chi connectivity index (χ4n) is 4.70. The van der Waals surface area contributed by atoms with Crippen LogP contribution in [0.5, 0.6) is 5.75 Å². The number of ether oxygens (including phenoxy) is 1. The maximum atomic E-state index is 13.5. The molecular weight excluding hydrogens is 410 g/mol. The van der Waals surface area contributed by atoms with Gasteiger partial charge in [-0.2, -0.15) is 13.1 Å². The van der Waals surface area contributed by atoms with E-state index in [2.05, 4.69) is 14.4 Å². The van der Waals surface area contributed by atoms with E-state index in [1.807, 2.05) is 11.0 Å². The summed E-state index contributed by atoms with van der Waals surface area (Å²) in [5.41, 5.74) is -0.562. The molecule has 2 N–H and O–H groups in total. The predicted molar refractivity (Wildman–Crippen MR) is 107 cm³/mol. The Hall–Kier alpha value is -2.66. The van der Waals surface area contributed by atoms with E-state index in [4.69, 9.17) is 4.74 Å². The van der Waals surface area contributed by atoms with Crippen molar-refractivity contribution in [3.8, 4) is 5.75 Å². The minimum Gasteiger partial charge on any atom is -0.493 e. The molecule has 4 heterocycles. The van der Waals surface area contributed by atoms with E-state index in [1.54, 1.807) is 18.2 Å². The molecule has 5 rings (SSSR count). The molecule has 0 saturated carbocycles. The first-order chi connectivity index (χ1) is 14.4. The second-order valence-corrected chi connectivity index (χ2v) is 9.33. The van der Waals surface area contributed by atoms with Crippen LogP contribution >= 0.6 is 0 Å². The molecule has 3 amide bonds. The molecule has 30 heavy (non-hydrogen) atoms. The van der Waals surface area contributed by atoms with E-state index in [1.165, 1.54) is 0 Å². The zero-order valence-electron chi connectivity index (χ0n) is 16.3. The molecular formula is C19H23N5O5S. The third-order valence-corrected chi connectivity index (χ3v) is 7.15. The highest BCUT2D eigenvalue weighted by molar-refractivity contribution is 7.88. The molecule has 0 radical (unpaired) electrons. The van der Waals surface area contributed by atoms with Gasteiger partial charge in [-0.05, 0) is 18.9 Å². The SMILES string of the molecule is O=C1N[C@@]2(CCOc3ccccc32)C(=O)N1C[C@H]1NS(=O)(=O)N=C2CCCCCN21. The Labute approximate surface area is 174 Å². The van der Waals surface area contributed by atoms with Gasteiger partial charge in [0.05, 0.1) is 13.2 Å². The van der Waals surface area contributed by atoms with Crippen LogP contribution in [0.1, 0.15) is 37.7 Å². The molecule has 11 heteroatoms. The molecule has 0 unspecified atom stereocenters. The van der Waals surface area contributed by atoms with E-state index in [-0.39, 0.29) is 12.5 Å². The Morgan fingerprint density at radius 3 is 2.90 bits per heavy atom. The van der Waals surface area contributed by atoms with Crippen molar-refractivity contribution >= 4 is 28.0 Å². The van der Waals surface area contributed by atoms with Crippen LogP contribution < -0.4 is 14.8 Å². The monoisotopic (exact) mass is 433 g/mol. The van der Waals surface area contributed by atoms with Gasteiger partial charge in [0.25, 0.3) is 5.91 Å². The van der Waals surface area contributed by atoms with E-state index in [0.29, 0.717) is 43.1 Å². The van der Waals surface area contributed by atoms with Crippen molar-refractivity contribution in [1.29, 1.82) is 0 Å². The highest BCUT2D eigenvalue weighted by atomic mass is 32.2. The summed E-state index contributed by atoms with van der Waals surface area (Å²) in [4.78, 5) is 29.3. The molecule has 4 aliphatic rings. The molecule has 1 aromatic rings. The van der Waals surface area contributed by atoms with Gasteiger partial charge in [0.1, 0.15) is 17.8 Å². The highest BCUT2D eigenvalue weighted by Crippen LogP contribution is 2.41. The Morgan fingerprint density at radius 1 is 1.20 bits per heavy atom. The van der Waals surface area contributed by atoms with Crippen LogP contribution in [0, 0.1) is 0 Å². The van der Waals surface area contributed by atoms with Gasteiger partial charge in [0, 0.05) is 24.9 Å². The number of hydrogen-bond donors (Lipinski definition) is 2. The summed E-state index contributed by atoms with van der Waals surface area (Å²) in [6.07, 6.45) is 2.88. The van der Waals surface area contributed by atoms with Gasteiger partial charge in [-0.3, -0.25) is 9.69 Å². The third-order valence-electron chi connectivity index (χ3n) is 6.13. The Balaban J connectivity index is 1.45. The number of urea groups is 1. The van der Waals surface area contributed by atoms with Crippen molar-refractivity contribution in [3.63, 3.8) is 0 Å². The molecule has 0 bridgehead atoms. The van der Waals surface area contributed by atoms with Crippen LogP contribution in [-0.2, 0) is 20.5 Å². The molecule has 2 atom stereocenters. The van der Waals surface area contributed by atoms with Gasteiger partial charge in [0.15, 0.2) is 5.54 Å². The van der Waals surface area contributed by atoms with Crippen molar-refractivity contribution in [1.82, 2.24) is 19.8 Å². The lowest BCUT2D eigenvalue weighted by Gasteiger charge is -2.38. The van der Waals surface area contributed by atoms with Crippen LogP contribution in [0.4, 0.5) is 4.79 Å². The van der Waals surface area contributed by atoms with E-state index >= 15 is 0 Å². The molecule has 2 saturated heterocycles. The first kappa shape index (κ1) is 19.3. The summed E-state index contributed by atoms with van der Waals surface area (Å²) in [6, 6.07) is 6.63. The molecule has 4 aliphatic heterocycles. The highest BCUT2D eigenvalue weighted by Gasteiger charge is 2.55. The third kappa shape index (κ3) is 3.03. The number of hydrogen-bond acceptors (Lipinski definition) is 6. The number of rotatable bonds is 2. The number of imide groups is 1. The van der Waals surface area contributed by atoms with Gasteiger partial charge in [-0.15, -0.1) is 4.40 Å². The lowest BCUT2D eigenvalue weighted by Crippen LogP contribution is -2.59. The van der Waals surface area contributed by atoms with Crippen LogP contribution in [0.3, 0.4) is 0 Å². The summed E-state index contributed by atoms with van der Waals surface area (Å²) in [7, 11) is -3.87. The smallest absolute Gasteiger partial charge is 0.325 e. The fourth-order valence-corrected chi connectivity index (χ4v) is 5.77. The maximum Gasteiger partial charge on any atom is 0.325 e. The minimum atomic E-state index is -3.87. The average Bonchev–Trinajstić information content (AvgIpc) is 2.87. The second kappa shape index (κ2) is 6.95. The molecule has 10 nitrogen and oxygen atoms in total. The van der Waals surface area contributed by atoms with Gasteiger partial charge >= 0.3 is 16.2 Å². The van der Waals surface area contributed by atoms with E-state index < -0.39 is 27.9 Å². The zero-order chi connectivity index (χ0) is 20.9. The first-order valence-electron chi connectivity index (χ1n) is 10.1. The Morgan fingerprint density at radius 2 is 2.03 bits per heavy atom. The van der Waals surface area contributed by atoms with Crippen molar-refractivity contribution in [3.05, 3.63) is 29.8 Å². The van der Waals surface area contributed by atoms with Gasteiger partial charge in [0.2, 0.25) is 0 Å². The van der Waals surface area contributed by atoms with Gasteiger partial charge in [-0.25, -0.2) is 4.79 Å². The summed E-state index contributed by atoms with van der Waals surface area (Å²) in [5.74, 6) is 0.676. The number of para-hydroxylation sites is 1. The van der Waals surface area contributed by atoms with Crippen LogP contribution in [-0.4, -0.2) is 61.9 Å². The molecule has 0 aromatic heterocycles. The van der Waals surface area contributed by atoms with Crippen LogP contribution in [0.15, 0.2) is 28.7 Å². The number of amidine groups is 1. The fraction of sp³-hybridized carbons (Fsp3) is 0.526. The lowest BCUT2D eigenvalue weighted by molar-refractivity contribution is -0.133. The number of fused-ring (bicyclic) bond motifs is 3. The molecule has 0 aliphatic carbocycles. The summed E-state index contributed by atoms with van der Waals surface area (Å²) < 4.78 is 36.6. The number of carbonyl (C=O) groups excluding carboxylic acids is 2. The van der Waals surface area contributed by atoms with Crippen molar-refractivity contribution in [2.24, 2.45) is 4.40 Å². The lowest BCUT2D eigenvalue weighted by atomic mass is 9.84. The number of amides is 3. The first-order valence-corrected chi connectivity index (χ1v) is 11.6. The number of benzene rings is 1. The quantitative estimate of drug-likeness (QED) is 0.662. The predicted octanol–water partition coefficient (Wildman–Crippen LogP) is 0.665. The molecule has 1 aromatic carbocycles. The van der Waals surface area contributed by atoms with Crippen LogP contribution in [0.25, 0.3) is 0 Å². The molecule has 160 valence electrons. The van der Waals surface area contributed by atoms with E-state index in [9.17, 15) is 18.0 Å². The number of nitrogens with zero attached hydrogens (tertiary/aromatic N) is 3. The molecule has 1 spiro atoms. The molecule has 2 fully saturated rings. The standard InChI is InChI=1S/C19H23N5O5S/c25-17-19(9-11-29-14-7-4-3-6-13(14)19)20-18(26)24(17)12-16-22-30(27,28)21-15-8-2-1-5-10-23(15)16/h3-4,6-7,16,22H,1-2,5,8-12H2,(H,20,26)/t16-,19+/m0/s1. The second-order valence-electron chi connectivity index (χ2n) is 7.97. The van der Waals surface area contributed by atoms with E-state index in [0.717, 1.165) is 24.2 Å². The Bertz CT molecular complexity index is 1040. The Kier molecular flexibility index (Phi) is 4.47. The van der Waals surface area contributed by atoms with Gasteiger partial charge in [-0.1, -0.05) is 24.6 Å². The maximum absolute atomic E-state index is 13.5. The average molecular weight is 433 g/mol. The van der Waals surface area contributed by atoms with Crippen molar-refractivity contribution in [2.45, 2.75) is 43.8 Å². The number of nitrogens with one attached hydrogen (secondary N) is 2. The summed E-state index contributed by atoms with van der Waals surface area (Å²) in [6.45, 7) is 0.834. The van der Waals surface area contributed by atoms with Crippen molar-refractivity contribution < 1.29 is 22.7 Å².